The molecule has 0 radical (unpaired) electrons. The highest BCUT2D eigenvalue weighted by atomic mass is 16.1. The number of aldehydes is 1. The number of nitrogens with zero attached hydrogens (tertiary/aromatic N) is 2. The molecular weight excluding hydrogens is 300 g/mol. The van der Waals surface area contributed by atoms with E-state index >= 15 is 0 Å². The molecule has 0 saturated heterocycles. The predicted molar refractivity (Wildman–Crippen MR) is 97.2 cm³/mol. The van der Waals surface area contributed by atoms with Crippen LogP contribution in [0.15, 0.2) is 48.7 Å². The lowest BCUT2D eigenvalue weighted by molar-refractivity contribution is 0.111. The molecule has 122 valence electrons. The number of anilines is 2. The number of pyridine rings is 2. The summed E-state index contributed by atoms with van der Waals surface area (Å²) in [4.78, 5) is 19.5. The number of hydrogen-bond acceptors (Lipinski definition) is 5. The molecule has 0 aliphatic rings. The molecule has 3 aromatic rings. The van der Waals surface area contributed by atoms with Crippen molar-refractivity contribution in [2.75, 3.05) is 17.6 Å². The fourth-order valence-corrected chi connectivity index (χ4v) is 2.67. The number of para-hydroxylation sites is 1. The normalized spacial score (nSPS) is 10.7. The maximum atomic E-state index is 10.9. The van der Waals surface area contributed by atoms with Gasteiger partial charge in [0.15, 0.2) is 6.29 Å². The van der Waals surface area contributed by atoms with Crippen LogP contribution in [-0.4, -0.2) is 22.8 Å². The van der Waals surface area contributed by atoms with Crippen molar-refractivity contribution in [3.8, 4) is 0 Å². The van der Waals surface area contributed by atoms with E-state index in [0.29, 0.717) is 17.7 Å². The van der Waals surface area contributed by atoms with E-state index in [1.165, 1.54) is 0 Å². The predicted octanol–water partition coefficient (Wildman–Crippen LogP) is 3.46. The van der Waals surface area contributed by atoms with E-state index in [4.69, 9.17) is 5.73 Å². The summed E-state index contributed by atoms with van der Waals surface area (Å²) in [7, 11) is 0. The first-order valence-electron chi connectivity index (χ1n) is 8.06. The molecule has 0 saturated carbocycles. The van der Waals surface area contributed by atoms with E-state index in [9.17, 15) is 4.79 Å². The molecule has 5 heteroatoms. The van der Waals surface area contributed by atoms with Crippen molar-refractivity contribution in [1.82, 2.24) is 9.97 Å². The number of hydrogen-bond donors (Lipinski definition) is 2. The summed E-state index contributed by atoms with van der Waals surface area (Å²) in [5, 5.41) is 4.60. The van der Waals surface area contributed by atoms with Gasteiger partial charge in [0.25, 0.3) is 0 Å². The smallest absolute Gasteiger partial charge is 0.170 e. The lowest BCUT2D eigenvalue weighted by Gasteiger charge is -2.09. The molecular formula is C19H20N4O. The molecule has 0 fully saturated rings. The quantitative estimate of drug-likeness (QED) is 0.515. The van der Waals surface area contributed by atoms with E-state index in [1.807, 2.05) is 36.5 Å². The van der Waals surface area contributed by atoms with Gasteiger partial charge in [0.1, 0.15) is 5.69 Å². The first kappa shape index (κ1) is 15.9. The third kappa shape index (κ3) is 3.68. The van der Waals surface area contributed by atoms with Crippen molar-refractivity contribution < 1.29 is 4.79 Å². The van der Waals surface area contributed by atoms with Crippen molar-refractivity contribution >= 4 is 28.6 Å². The average Bonchev–Trinajstić information content (AvgIpc) is 2.63. The first-order valence-corrected chi connectivity index (χ1v) is 8.06. The monoisotopic (exact) mass is 320 g/mol. The summed E-state index contributed by atoms with van der Waals surface area (Å²) >= 11 is 0. The van der Waals surface area contributed by atoms with Gasteiger partial charge >= 0.3 is 0 Å². The van der Waals surface area contributed by atoms with Crippen LogP contribution < -0.4 is 11.1 Å². The van der Waals surface area contributed by atoms with Crippen molar-refractivity contribution in [1.29, 1.82) is 0 Å². The van der Waals surface area contributed by atoms with Crippen molar-refractivity contribution in [3.05, 3.63) is 60.0 Å². The van der Waals surface area contributed by atoms with Crippen LogP contribution in [-0.2, 0) is 6.42 Å². The van der Waals surface area contributed by atoms with Gasteiger partial charge in [-0.25, -0.2) is 4.98 Å². The number of carbonyl (C=O) groups excluding carboxylic acids is 1. The Bertz CT molecular complexity index is 842. The van der Waals surface area contributed by atoms with Crippen LogP contribution in [0.25, 0.3) is 10.9 Å². The number of aromatic nitrogens is 2. The van der Waals surface area contributed by atoms with Crippen LogP contribution in [0.5, 0.6) is 0 Å². The van der Waals surface area contributed by atoms with Crippen LogP contribution in [0.1, 0.15) is 29.0 Å². The number of nitrogen functional groups attached to an aromatic ring is 1. The third-order valence-electron chi connectivity index (χ3n) is 3.95. The summed E-state index contributed by atoms with van der Waals surface area (Å²) in [6.45, 7) is 0.878. The van der Waals surface area contributed by atoms with Gasteiger partial charge in [0, 0.05) is 29.5 Å². The number of nitrogens with one attached hydrogen (secondary N) is 1. The van der Waals surface area contributed by atoms with Gasteiger partial charge in [0.05, 0.1) is 11.2 Å². The number of nitrogens with two attached hydrogens (primary N) is 1. The van der Waals surface area contributed by atoms with Crippen LogP contribution >= 0.6 is 0 Å². The first-order chi connectivity index (χ1) is 11.8. The molecule has 0 bridgehead atoms. The van der Waals surface area contributed by atoms with Gasteiger partial charge in [-0.3, -0.25) is 9.78 Å². The van der Waals surface area contributed by atoms with Gasteiger partial charge in [0.2, 0.25) is 0 Å². The van der Waals surface area contributed by atoms with Crippen molar-refractivity contribution in [2.24, 2.45) is 0 Å². The Hall–Kier alpha value is -2.95. The van der Waals surface area contributed by atoms with Crippen LogP contribution in [0.2, 0.25) is 0 Å². The number of rotatable bonds is 7. The summed E-state index contributed by atoms with van der Waals surface area (Å²) in [6.07, 6.45) is 5.36. The molecule has 24 heavy (non-hydrogen) atoms. The van der Waals surface area contributed by atoms with Crippen molar-refractivity contribution in [2.45, 2.75) is 19.3 Å². The second kappa shape index (κ2) is 7.55. The number of unbranched alkanes of at least 4 members (excludes halogenated alkanes) is 1. The largest absolute Gasteiger partial charge is 0.397 e. The Morgan fingerprint density at radius 2 is 1.96 bits per heavy atom. The Kier molecular flexibility index (Phi) is 5.01. The zero-order valence-electron chi connectivity index (χ0n) is 13.4. The molecule has 3 rings (SSSR count). The lowest BCUT2D eigenvalue weighted by Crippen LogP contribution is -2.04. The molecule has 1 aromatic carbocycles. The second-order valence-corrected chi connectivity index (χ2v) is 5.65. The fourth-order valence-electron chi connectivity index (χ4n) is 2.67. The minimum absolute atomic E-state index is 0.328. The summed E-state index contributed by atoms with van der Waals surface area (Å²) in [6, 6.07) is 13.7. The number of carbonyl (C=O) groups is 1. The van der Waals surface area contributed by atoms with Gasteiger partial charge < -0.3 is 11.1 Å². The zero-order valence-corrected chi connectivity index (χ0v) is 13.4. The number of aryl methyl sites for hydroxylation is 1. The highest BCUT2D eigenvalue weighted by Gasteiger charge is 2.03. The van der Waals surface area contributed by atoms with E-state index < -0.39 is 0 Å². The van der Waals surface area contributed by atoms with Gasteiger partial charge in [-0.1, -0.05) is 18.2 Å². The molecule has 0 spiro atoms. The van der Waals surface area contributed by atoms with Crippen LogP contribution in [0.3, 0.4) is 0 Å². The minimum Gasteiger partial charge on any atom is -0.397 e. The van der Waals surface area contributed by atoms with Crippen LogP contribution in [0.4, 0.5) is 11.4 Å². The maximum Gasteiger partial charge on any atom is 0.170 e. The Labute approximate surface area is 140 Å². The second-order valence-electron chi connectivity index (χ2n) is 5.65. The number of fused-ring (bicyclic) bond motifs is 1. The highest BCUT2D eigenvalue weighted by Crippen LogP contribution is 2.20. The maximum absolute atomic E-state index is 10.9. The minimum atomic E-state index is 0.328. The van der Waals surface area contributed by atoms with Gasteiger partial charge in [-0.15, -0.1) is 0 Å². The molecule has 3 N–H and O–H groups in total. The van der Waals surface area contributed by atoms with E-state index in [1.54, 1.807) is 6.07 Å². The van der Waals surface area contributed by atoms with Crippen LogP contribution in [0, 0.1) is 0 Å². The summed E-state index contributed by atoms with van der Waals surface area (Å²) in [5.41, 5.74) is 9.44. The van der Waals surface area contributed by atoms with Crippen molar-refractivity contribution in [3.63, 3.8) is 0 Å². The molecule has 0 unspecified atom stereocenters. The molecule has 5 nitrogen and oxygen atoms in total. The molecule has 0 aliphatic carbocycles. The number of benzene rings is 1. The molecule has 0 atom stereocenters. The Balaban J connectivity index is 1.51. The Morgan fingerprint density at radius 1 is 1.08 bits per heavy atom. The van der Waals surface area contributed by atoms with Gasteiger partial charge in [-0.05, 0) is 43.5 Å². The third-order valence-corrected chi connectivity index (χ3v) is 3.95. The standard InChI is InChI=1S/C19H20N4O/c20-16-9-8-14(23-19(16)13-24)5-3-4-11-21-18-10-12-22-17-7-2-1-6-15(17)18/h1-2,6-10,12-13H,3-5,11,20H2,(H,21,22). The molecule has 2 heterocycles. The Morgan fingerprint density at radius 3 is 2.83 bits per heavy atom. The fraction of sp³-hybridized carbons (Fsp3) is 0.211. The molecule has 0 aliphatic heterocycles. The SMILES string of the molecule is Nc1ccc(CCCCNc2ccnc3ccccc23)nc1C=O. The lowest BCUT2D eigenvalue weighted by atomic mass is 10.1. The average molecular weight is 320 g/mol. The molecule has 0 amide bonds. The van der Waals surface area contributed by atoms with E-state index in [-0.39, 0.29) is 0 Å². The topological polar surface area (TPSA) is 80.9 Å². The van der Waals surface area contributed by atoms with Gasteiger partial charge in [-0.2, -0.15) is 0 Å². The zero-order chi connectivity index (χ0) is 16.8. The van der Waals surface area contributed by atoms with E-state index in [0.717, 1.165) is 48.1 Å². The highest BCUT2D eigenvalue weighted by molar-refractivity contribution is 5.90. The summed E-state index contributed by atoms with van der Waals surface area (Å²) in [5.74, 6) is 0. The molecule has 2 aromatic heterocycles. The van der Waals surface area contributed by atoms with E-state index in [2.05, 4.69) is 21.4 Å². The summed E-state index contributed by atoms with van der Waals surface area (Å²) < 4.78 is 0.